The Balaban J connectivity index is 1.94. The number of amides is 1. The summed E-state index contributed by atoms with van der Waals surface area (Å²) in [6, 6.07) is 20.3. The number of benzene rings is 3. The fourth-order valence-corrected chi connectivity index (χ4v) is 3.21. The van der Waals surface area contributed by atoms with Gasteiger partial charge in [0.1, 0.15) is 17.3 Å². The Hall–Kier alpha value is -3.34. The molecule has 0 radical (unpaired) electrons. The molecule has 4 rings (SSSR count). The maximum absolute atomic E-state index is 13.5. The molecule has 0 spiro atoms. The van der Waals surface area contributed by atoms with E-state index in [2.05, 4.69) is 0 Å². The summed E-state index contributed by atoms with van der Waals surface area (Å²) < 4.78 is 19.5. The number of carbonyl (C=O) groups is 1. The van der Waals surface area contributed by atoms with Gasteiger partial charge in [0.05, 0.1) is 5.69 Å². The lowest BCUT2D eigenvalue weighted by Crippen LogP contribution is -2.50. The van der Waals surface area contributed by atoms with E-state index in [1.54, 1.807) is 37.3 Å². The lowest BCUT2D eigenvalue weighted by molar-refractivity contribution is -0.134. The van der Waals surface area contributed by atoms with Gasteiger partial charge in [0.15, 0.2) is 0 Å². The molecule has 3 aromatic rings. The average Bonchev–Trinajstić information content (AvgIpc) is 2.65. The largest absolute Gasteiger partial charge is 0.471 e. The van der Waals surface area contributed by atoms with Crippen LogP contribution in [0.1, 0.15) is 12.5 Å². The topological polar surface area (TPSA) is 55.6 Å². The molecular formula is C21H17FN2O2. The minimum Gasteiger partial charge on any atom is -0.471 e. The van der Waals surface area contributed by atoms with Crippen molar-refractivity contribution in [1.29, 1.82) is 0 Å². The lowest BCUT2D eigenvalue weighted by Gasteiger charge is -2.41. The van der Waals surface area contributed by atoms with E-state index in [9.17, 15) is 9.18 Å². The van der Waals surface area contributed by atoms with Crippen LogP contribution in [0.2, 0.25) is 0 Å². The van der Waals surface area contributed by atoms with Gasteiger partial charge in [0, 0.05) is 11.3 Å². The number of nitrogens with zero attached hydrogens (tertiary/aromatic N) is 1. The summed E-state index contributed by atoms with van der Waals surface area (Å²) in [4.78, 5) is 15.0. The van der Waals surface area contributed by atoms with E-state index in [0.717, 1.165) is 5.56 Å². The monoisotopic (exact) mass is 348 g/mol. The quantitative estimate of drug-likeness (QED) is 0.699. The van der Waals surface area contributed by atoms with Crippen molar-refractivity contribution >= 4 is 23.0 Å². The Labute approximate surface area is 150 Å². The number of nitrogen functional groups attached to an aromatic ring is 1. The van der Waals surface area contributed by atoms with E-state index in [-0.39, 0.29) is 11.7 Å². The van der Waals surface area contributed by atoms with Crippen molar-refractivity contribution in [3.8, 4) is 5.75 Å². The van der Waals surface area contributed by atoms with Crippen LogP contribution in [0.3, 0.4) is 0 Å². The Morgan fingerprint density at radius 2 is 1.65 bits per heavy atom. The molecule has 4 nitrogen and oxygen atoms in total. The third kappa shape index (κ3) is 2.40. The van der Waals surface area contributed by atoms with Gasteiger partial charge in [0.25, 0.3) is 5.91 Å². The van der Waals surface area contributed by atoms with Gasteiger partial charge in [-0.25, -0.2) is 4.39 Å². The van der Waals surface area contributed by atoms with Crippen molar-refractivity contribution in [1.82, 2.24) is 0 Å². The molecule has 0 bridgehead atoms. The van der Waals surface area contributed by atoms with E-state index in [1.165, 1.54) is 17.0 Å². The molecule has 26 heavy (non-hydrogen) atoms. The van der Waals surface area contributed by atoms with Gasteiger partial charge in [0.2, 0.25) is 5.60 Å². The highest BCUT2D eigenvalue weighted by Crippen LogP contribution is 2.48. The number of para-hydroxylation sites is 1. The predicted octanol–water partition coefficient (Wildman–Crippen LogP) is 4.38. The molecule has 1 unspecified atom stereocenters. The fraction of sp³-hybridized carbons (Fsp3) is 0.0952. The molecule has 1 aliphatic heterocycles. The maximum atomic E-state index is 13.5. The number of rotatable bonds is 2. The number of halogens is 1. The van der Waals surface area contributed by atoms with Crippen LogP contribution in [0.5, 0.6) is 5.75 Å². The van der Waals surface area contributed by atoms with Crippen molar-refractivity contribution < 1.29 is 13.9 Å². The van der Waals surface area contributed by atoms with Gasteiger partial charge in [-0.3, -0.25) is 9.69 Å². The molecule has 3 aromatic carbocycles. The van der Waals surface area contributed by atoms with Crippen LogP contribution in [0.15, 0.2) is 72.8 Å². The first-order valence-electron chi connectivity index (χ1n) is 8.24. The standard InChI is InChI=1S/C21H17FN2O2/c1-21(14-6-3-2-4-7-14)20(25)24(16-12-10-15(22)11-13-16)19-17(23)8-5-9-18(19)26-21/h2-13H,23H2,1H3. The SMILES string of the molecule is CC1(c2ccccc2)Oc2cccc(N)c2N(c2ccc(F)cc2)C1=O. The summed E-state index contributed by atoms with van der Waals surface area (Å²) in [7, 11) is 0. The normalized spacial score (nSPS) is 19.0. The Morgan fingerprint density at radius 1 is 0.962 bits per heavy atom. The molecule has 5 heteroatoms. The van der Waals surface area contributed by atoms with Gasteiger partial charge < -0.3 is 10.5 Å². The molecule has 1 aliphatic rings. The summed E-state index contributed by atoms with van der Waals surface area (Å²) in [6.07, 6.45) is 0. The highest BCUT2D eigenvalue weighted by Gasteiger charge is 2.47. The van der Waals surface area contributed by atoms with Crippen molar-refractivity contribution in [3.05, 3.63) is 84.2 Å². The van der Waals surface area contributed by atoms with E-state index in [1.807, 2.05) is 30.3 Å². The van der Waals surface area contributed by atoms with E-state index >= 15 is 0 Å². The van der Waals surface area contributed by atoms with Gasteiger partial charge in [-0.15, -0.1) is 0 Å². The van der Waals surface area contributed by atoms with Crippen LogP contribution >= 0.6 is 0 Å². The number of anilines is 3. The van der Waals surface area contributed by atoms with E-state index in [4.69, 9.17) is 10.5 Å². The van der Waals surface area contributed by atoms with Crippen molar-refractivity contribution in [2.45, 2.75) is 12.5 Å². The van der Waals surface area contributed by atoms with Crippen LogP contribution in [0.4, 0.5) is 21.5 Å². The smallest absolute Gasteiger partial charge is 0.280 e. The number of hydrogen-bond acceptors (Lipinski definition) is 3. The summed E-state index contributed by atoms with van der Waals surface area (Å²) >= 11 is 0. The van der Waals surface area contributed by atoms with Crippen LogP contribution in [-0.4, -0.2) is 5.91 Å². The van der Waals surface area contributed by atoms with E-state index in [0.29, 0.717) is 22.8 Å². The van der Waals surface area contributed by atoms with Gasteiger partial charge in [-0.2, -0.15) is 0 Å². The van der Waals surface area contributed by atoms with Gasteiger partial charge in [-0.05, 0) is 43.3 Å². The number of carbonyl (C=O) groups excluding carboxylic acids is 1. The molecule has 0 aromatic heterocycles. The Kier molecular flexibility index (Phi) is 3.65. The molecule has 1 atom stereocenters. The Bertz CT molecular complexity index is 973. The summed E-state index contributed by atoms with van der Waals surface area (Å²) in [6.45, 7) is 1.73. The zero-order valence-corrected chi connectivity index (χ0v) is 14.1. The molecule has 1 amide bonds. The first-order valence-corrected chi connectivity index (χ1v) is 8.24. The minimum atomic E-state index is -1.23. The van der Waals surface area contributed by atoms with Gasteiger partial charge in [-0.1, -0.05) is 36.4 Å². The van der Waals surface area contributed by atoms with Crippen molar-refractivity contribution in [3.63, 3.8) is 0 Å². The summed E-state index contributed by atoms with van der Waals surface area (Å²) in [5, 5.41) is 0. The molecule has 0 aliphatic carbocycles. The maximum Gasteiger partial charge on any atom is 0.280 e. The number of fused-ring (bicyclic) bond motifs is 1. The van der Waals surface area contributed by atoms with Crippen molar-refractivity contribution in [2.24, 2.45) is 0 Å². The average molecular weight is 348 g/mol. The fourth-order valence-electron chi connectivity index (χ4n) is 3.21. The Morgan fingerprint density at radius 3 is 2.35 bits per heavy atom. The molecule has 0 fully saturated rings. The molecule has 0 saturated carbocycles. The molecule has 2 N–H and O–H groups in total. The van der Waals surface area contributed by atoms with Crippen molar-refractivity contribution in [2.75, 3.05) is 10.6 Å². The predicted molar refractivity (Wildman–Crippen MR) is 98.8 cm³/mol. The molecule has 1 heterocycles. The minimum absolute atomic E-state index is 0.291. The first kappa shape index (κ1) is 16.1. The number of ether oxygens (including phenoxy) is 1. The second kappa shape index (κ2) is 5.88. The lowest BCUT2D eigenvalue weighted by atomic mass is 9.91. The molecular weight excluding hydrogens is 331 g/mol. The summed E-state index contributed by atoms with van der Waals surface area (Å²) in [5.41, 5.74) is 7.05. The zero-order chi connectivity index (χ0) is 18.3. The summed E-state index contributed by atoms with van der Waals surface area (Å²) in [5.74, 6) is -0.164. The number of hydrogen-bond donors (Lipinski definition) is 1. The van der Waals surface area contributed by atoms with Gasteiger partial charge >= 0.3 is 0 Å². The highest BCUT2D eigenvalue weighted by molar-refractivity contribution is 6.10. The van der Waals surface area contributed by atoms with Crippen LogP contribution in [0.25, 0.3) is 0 Å². The highest BCUT2D eigenvalue weighted by atomic mass is 19.1. The van der Waals surface area contributed by atoms with E-state index < -0.39 is 5.60 Å². The van der Waals surface area contributed by atoms with Crippen LogP contribution in [0, 0.1) is 5.82 Å². The molecule has 0 saturated heterocycles. The third-order valence-electron chi connectivity index (χ3n) is 4.59. The first-order chi connectivity index (χ1) is 12.5. The zero-order valence-electron chi connectivity index (χ0n) is 14.1. The number of nitrogens with two attached hydrogens (primary N) is 1. The molecule has 130 valence electrons. The third-order valence-corrected chi connectivity index (χ3v) is 4.59. The second-order valence-electron chi connectivity index (χ2n) is 6.31. The van der Waals surface area contributed by atoms with Crippen LogP contribution in [-0.2, 0) is 10.4 Å². The van der Waals surface area contributed by atoms with Crippen LogP contribution < -0.4 is 15.4 Å². The second-order valence-corrected chi connectivity index (χ2v) is 6.31.